The van der Waals surface area contributed by atoms with E-state index in [4.69, 9.17) is 11.6 Å². The van der Waals surface area contributed by atoms with Gasteiger partial charge in [-0.3, -0.25) is 9.80 Å². The summed E-state index contributed by atoms with van der Waals surface area (Å²) in [7, 11) is 0. The molecule has 2 heterocycles. The lowest BCUT2D eigenvalue weighted by Gasteiger charge is -2.40. The number of hydrogen-bond donors (Lipinski definition) is 1. The van der Waals surface area contributed by atoms with Crippen molar-refractivity contribution >= 4 is 23.4 Å². The molecule has 31 heavy (non-hydrogen) atoms. The van der Waals surface area contributed by atoms with Gasteiger partial charge in [0.25, 0.3) is 0 Å². The SMILES string of the molecule is O[C@H](CN1CCN([C@@H]2c3ccccc3CSc3ccccc32)CC1)c1ccc(Cl)cc1. The highest BCUT2D eigenvalue weighted by Crippen LogP contribution is 2.42. The van der Waals surface area contributed by atoms with Gasteiger partial charge in [0.15, 0.2) is 0 Å². The highest BCUT2D eigenvalue weighted by atomic mass is 35.5. The minimum Gasteiger partial charge on any atom is -0.387 e. The average Bonchev–Trinajstić information content (AvgIpc) is 2.97. The van der Waals surface area contributed by atoms with Crippen molar-refractivity contribution < 1.29 is 5.11 Å². The molecule has 2 aliphatic rings. The van der Waals surface area contributed by atoms with Crippen molar-refractivity contribution in [2.24, 2.45) is 0 Å². The minimum atomic E-state index is -0.487. The Morgan fingerprint density at radius 3 is 2.32 bits per heavy atom. The molecule has 0 aromatic heterocycles. The van der Waals surface area contributed by atoms with Gasteiger partial charge in [0.2, 0.25) is 0 Å². The second-order valence-corrected chi connectivity index (χ2v) is 9.79. The molecule has 0 aliphatic carbocycles. The van der Waals surface area contributed by atoms with Crippen LogP contribution in [0.25, 0.3) is 0 Å². The van der Waals surface area contributed by atoms with Crippen LogP contribution in [-0.4, -0.2) is 47.6 Å². The zero-order chi connectivity index (χ0) is 21.2. The van der Waals surface area contributed by atoms with Gasteiger partial charge in [-0.05, 0) is 40.5 Å². The lowest BCUT2D eigenvalue weighted by Crippen LogP contribution is -2.48. The molecule has 1 fully saturated rings. The van der Waals surface area contributed by atoms with Crippen LogP contribution in [0.15, 0.2) is 77.7 Å². The highest BCUT2D eigenvalue weighted by molar-refractivity contribution is 7.98. The Balaban J connectivity index is 1.32. The fraction of sp³-hybridized carbons (Fsp3) is 0.308. The molecule has 0 bridgehead atoms. The third kappa shape index (κ3) is 4.55. The number of benzene rings is 3. The fourth-order valence-electron chi connectivity index (χ4n) is 4.73. The van der Waals surface area contributed by atoms with Gasteiger partial charge in [-0.25, -0.2) is 0 Å². The molecule has 0 spiro atoms. The van der Waals surface area contributed by atoms with E-state index < -0.39 is 6.10 Å². The Labute approximate surface area is 193 Å². The van der Waals surface area contributed by atoms with Gasteiger partial charge in [0.1, 0.15) is 0 Å². The number of halogens is 1. The molecule has 0 unspecified atom stereocenters. The molecule has 1 saturated heterocycles. The van der Waals surface area contributed by atoms with E-state index >= 15 is 0 Å². The molecule has 3 aromatic rings. The van der Waals surface area contributed by atoms with E-state index in [1.54, 1.807) is 0 Å². The van der Waals surface area contributed by atoms with E-state index in [0.29, 0.717) is 17.6 Å². The van der Waals surface area contributed by atoms with Crippen molar-refractivity contribution in [2.75, 3.05) is 32.7 Å². The molecule has 0 amide bonds. The number of thioether (sulfide) groups is 1. The fourth-order valence-corrected chi connectivity index (χ4v) is 5.95. The number of rotatable bonds is 4. The van der Waals surface area contributed by atoms with Gasteiger partial charge in [-0.2, -0.15) is 0 Å². The average molecular weight is 451 g/mol. The van der Waals surface area contributed by atoms with Crippen molar-refractivity contribution in [1.29, 1.82) is 0 Å². The van der Waals surface area contributed by atoms with Gasteiger partial charge in [-0.15, -0.1) is 11.8 Å². The first kappa shape index (κ1) is 21.0. The van der Waals surface area contributed by atoms with Crippen LogP contribution in [0.3, 0.4) is 0 Å². The summed E-state index contributed by atoms with van der Waals surface area (Å²) in [6.45, 7) is 4.55. The smallest absolute Gasteiger partial charge is 0.0916 e. The maximum Gasteiger partial charge on any atom is 0.0916 e. The molecule has 1 N–H and O–H groups in total. The quantitative estimate of drug-likeness (QED) is 0.576. The van der Waals surface area contributed by atoms with Crippen molar-refractivity contribution in [1.82, 2.24) is 9.80 Å². The van der Waals surface area contributed by atoms with Crippen LogP contribution in [0.2, 0.25) is 5.02 Å². The Kier molecular flexibility index (Phi) is 6.35. The number of piperazine rings is 1. The third-order valence-corrected chi connectivity index (χ3v) is 7.79. The van der Waals surface area contributed by atoms with Crippen LogP contribution in [0.5, 0.6) is 0 Å². The van der Waals surface area contributed by atoms with E-state index in [-0.39, 0.29) is 0 Å². The van der Waals surface area contributed by atoms with Crippen LogP contribution in [0.1, 0.15) is 34.4 Å². The van der Waals surface area contributed by atoms with E-state index in [1.165, 1.54) is 21.6 Å². The molecule has 2 aliphatic heterocycles. The van der Waals surface area contributed by atoms with Crippen LogP contribution in [0.4, 0.5) is 0 Å². The summed E-state index contributed by atoms with van der Waals surface area (Å²) in [5.74, 6) is 1.02. The first-order chi connectivity index (χ1) is 15.2. The first-order valence-electron chi connectivity index (χ1n) is 10.9. The van der Waals surface area contributed by atoms with Gasteiger partial charge < -0.3 is 5.11 Å². The maximum absolute atomic E-state index is 10.7. The van der Waals surface area contributed by atoms with Gasteiger partial charge >= 0.3 is 0 Å². The normalized spacial score (nSPS) is 20.5. The minimum absolute atomic E-state index is 0.297. The number of β-amino-alcohol motifs (C(OH)–C–C–N with tert-alkyl or cyclic N) is 1. The lowest BCUT2D eigenvalue weighted by atomic mass is 9.93. The predicted molar refractivity (Wildman–Crippen MR) is 129 cm³/mol. The van der Waals surface area contributed by atoms with E-state index in [2.05, 4.69) is 58.3 Å². The maximum atomic E-state index is 10.7. The third-order valence-electron chi connectivity index (χ3n) is 6.40. The summed E-state index contributed by atoms with van der Waals surface area (Å²) in [6.07, 6.45) is -0.487. The molecule has 5 heteroatoms. The standard InChI is InChI=1S/C26H27ClN2OS/c27-21-11-9-19(10-12-21)24(30)17-28-13-15-29(16-14-28)26-22-6-2-1-5-20(22)18-31-25-8-4-3-7-23(25)26/h1-12,24,26,30H,13-18H2/t24-,26-/m1/s1. The topological polar surface area (TPSA) is 26.7 Å². The molecule has 3 nitrogen and oxygen atoms in total. The number of nitrogens with zero attached hydrogens (tertiary/aromatic N) is 2. The van der Waals surface area contributed by atoms with E-state index in [9.17, 15) is 5.11 Å². The van der Waals surface area contributed by atoms with Crippen LogP contribution >= 0.6 is 23.4 Å². The van der Waals surface area contributed by atoms with Crippen LogP contribution in [0, 0.1) is 0 Å². The van der Waals surface area contributed by atoms with Crippen molar-refractivity contribution in [3.63, 3.8) is 0 Å². The monoisotopic (exact) mass is 450 g/mol. The zero-order valence-corrected chi connectivity index (χ0v) is 19.0. The summed E-state index contributed by atoms with van der Waals surface area (Å²) in [4.78, 5) is 6.39. The zero-order valence-electron chi connectivity index (χ0n) is 17.5. The number of aliphatic hydroxyl groups excluding tert-OH is 1. The molecule has 0 radical (unpaired) electrons. The molecule has 3 aromatic carbocycles. The first-order valence-corrected chi connectivity index (χ1v) is 12.2. The summed E-state index contributed by atoms with van der Waals surface area (Å²) in [6, 6.07) is 25.6. The Bertz CT molecular complexity index is 986. The van der Waals surface area contributed by atoms with Crippen molar-refractivity contribution in [3.05, 3.63) is 100 Å². The number of fused-ring (bicyclic) bond motifs is 2. The number of hydrogen-bond acceptors (Lipinski definition) is 4. The summed E-state index contributed by atoms with van der Waals surface area (Å²) in [5, 5.41) is 11.4. The lowest BCUT2D eigenvalue weighted by molar-refractivity contribution is 0.0619. The van der Waals surface area contributed by atoms with Crippen LogP contribution < -0.4 is 0 Å². The van der Waals surface area contributed by atoms with E-state index in [1.807, 2.05) is 36.0 Å². The Morgan fingerprint density at radius 1 is 0.871 bits per heavy atom. The second kappa shape index (κ2) is 9.35. The van der Waals surface area contributed by atoms with Gasteiger partial charge in [0.05, 0.1) is 12.1 Å². The predicted octanol–water partition coefficient (Wildman–Crippen LogP) is 5.39. The highest BCUT2D eigenvalue weighted by Gasteiger charge is 2.31. The largest absolute Gasteiger partial charge is 0.387 e. The van der Waals surface area contributed by atoms with Crippen LogP contribution in [-0.2, 0) is 5.75 Å². The Hall–Kier alpha value is -1.82. The van der Waals surface area contributed by atoms with Crippen molar-refractivity contribution in [3.8, 4) is 0 Å². The van der Waals surface area contributed by atoms with Gasteiger partial charge in [-0.1, -0.05) is 66.2 Å². The molecule has 5 rings (SSSR count). The Morgan fingerprint density at radius 2 is 1.55 bits per heavy atom. The summed E-state index contributed by atoms with van der Waals surface area (Å²) in [5.41, 5.74) is 5.23. The summed E-state index contributed by atoms with van der Waals surface area (Å²) < 4.78 is 0. The number of aliphatic hydroxyl groups is 1. The summed E-state index contributed by atoms with van der Waals surface area (Å²) >= 11 is 7.93. The molecular formula is C26H27ClN2OS. The van der Waals surface area contributed by atoms with E-state index in [0.717, 1.165) is 37.5 Å². The molecule has 2 atom stereocenters. The second-order valence-electron chi connectivity index (χ2n) is 8.33. The molecular weight excluding hydrogens is 424 g/mol. The van der Waals surface area contributed by atoms with Gasteiger partial charge in [0, 0.05) is 48.4 Å². The van der Waals surface area contributed by atoms with Crippen molar-refractivity contribution in [2.45, 2.75) is 22.8 Å². The molecule has 0 saturated carbocycles. The molecule has 160 valence electrons.